The first-order chi connectivity index (χ1) is 14.7. The number of nitrogens with one attached hydrogen (secondary N) is 2. The van der Waals surface area contributed by atoms with Crippen molar-refractivity contribution in [1.29, 1.82) is 0 Å². The summed E-state index contributed by atoms with van der Waals surface area (Å²) in [5.41, 5.74) is 5.08. The van der Waals surface area contributed by atoms with Crippen molar-refractivity contribution in [2.24, 2.45) is 5.92 Å². The SMILES string of the molecule is Cc1cncc(C(=O)N[C@H]2CC[C@@H]3[C@H]2CCN3Cc2c[nH]nc2-c2ccccc2)c1. The molecule has 0 bridgehead atoms. The minimum Gasteiger partial charge on any atom is -0.349 e. The molecular weight excluding hydrogens is 374 g/mol. The lowest BCUT2D eigenvalue weighted by atomic mass is 9.99. The third kappa shape index (κ3) is 3.63. The van der Waals surface area contributed by atoms with E-state index in [0.29, 0.717) is 17.5 Å². The van der Waals surface area contributed by atoms with E-state index >= 15 is 0 Å². The molecule has 0 spiro atoms. The third-order valence-electron chi connectivity index (χ3n) is 6.60. The van der Waals surface area contributed by atoms with Crippen molar-refractivity contribution in [3.63, 3.8) is 0 Å². The Morgan fingerprint density at radius 3 is 2.90 bits per heavy atom. The smallest absolute Gasteiger partial charge is 0.253 e. The van der Waals surface area contributed by atoms with Gasteiger partial charge in [0, 0.05) is 48.3 Å². The van der Waals surface area contributed by atoms with Gasteiger partial charge in [-0.05, 0) is 50.3 Å². The number of hydrogen-bond acceptors (Lipinski definition) is 4. The van der Waals surface area contributed by atoms with E-state index in [9.17, 15) is 4.79 Å². The molecule has 154 valence electrons. The van der Waals surface area contributed by atoms with E-state index in [1.165, 1.54) is 5.56 Å². The summed E-state index contributed by atoms with van der Waals surface area (Å²) in [6.45, 7) is 3.92. The number of H-pyrrole nitrogens is 1. The van der Waals surface area contributed by atoms with E-state index in [4.69, 9.17) is 0 Å². The summed E-state index contributed by atoms with van der Waals surface area (Å²) in [6.07, 6.45) is 8.74. The number of aromatic nitrogens is 3. The van der Waals surface area contributed by atoms with E-state index in [1.807, 2.05) is 37.4 Å². The van der Waals surface area contributed by atoms with Gasteiger partial charge in [0.1, 0.15) is 0 Å². The Labute approximate surface area is 176 Å². The van der Waals surface area contributed by atoms with E-state index in [2.05, 4.69) is 37.5 Å². The molecule has 2 N–H and O–H groups in total. The molecule has 6 heteroatoms. The standard InChI is InChI=1S/C24H27N5O/c1-16-11-18(13-25-12-16)24(30)27-21-7-8-22-20(21)9-10-29(22)15-19-14-26-28-23(19)17-5-3-2-4-6-17/h2-6,11-14,20-22H,7-10,15H2,1H3,(H,26,28)(H,27,30)/t20-,21-,22+/m0/s1. The maximum atomic E-state index is 12.7. The number of carbonyl (C=O) groups is 1. The van der Waals surface area contributed by atoms with Gasteiger partial charge in [-0.3, -0.25) is 19.8 Å². The van der Waals surface area contributed by atoms with Gasteiger partial charge < -0.3 is 5.32 Å². The monoisotopic (exact) mass is 401 g/mol. The molecule has 3 heterocycles. The first kappa shape index (κ1) is 19.0. The highest BCUT2D eigenvalue weighted by Gasteiger charge is 2.44. The fourth-order valence-electron chi connectivity index (χ4n) is 5.18. The van der Waals surface area contributed by atoms with Crippen LogP contribution in [0.4, 0.5) is 0 Å². The summed E-state index contributed by atoms with van der Waals surface area (Å²) in [6, 6.07) is 13.0. The number of nitrogens with zero attached hydrogens (tertiary/aromatic N) is 3. The zero-order chi connectivity index (χ0) is 20.5. The molecule has 1 saturated heterocycles. The molecule has 2 fully saturated rings. The van der Waals surface area contributed by atoms with E-state index in [1.54, 1.807) is 12.4 Å². The van der Waals surface area contributed by atoms with Gasteiger partial charge in [0.05, 0.1) is 11.3 Å². The molecule has 5 rings (SSSR count). The lowest BCUT2D eigenvalue weighted by Gasteiger charge is -2.24. The lowest BCUT2D eigenvalue weighted by Crippen LogP contribution is -2.39. The molecule has 1 saturated carbocycles. The highest BCUT2D eigenvalue weighted by atomic mass is 16.1. The molecule has 2 aliphatic rings. The molecular formula is C24H27N5O. The third-order valence-corrected chi connectivity index (χ3v) is 6.60. The number of hydrogen-bond donors (Lipinski definition) is 2. The minimum absolute atomic E-state index is 0.00324. The zero-order valence-corrected chi connectivity index (χ0v) is 17.2. The minimum atomic E-state index is -0.00324. The van der Waals surface area contributed by atoms with Crippen LogP contribution in [0.15, 0.2) is 55.0 Å². The van der Waals surface area contributed by atoms with Gasteiger partial charge in [-0.15, -0.1) is 0 Å². The summed E-state index contributed by atoms with van der Waals surface area (Å²) in [5, 5.41) is 10.8. The van der Waals surface area contributed by atoms with E-state index in [-0.39, 0.29) is 11.9 Å². The van der Waals surface area contributed by atoms with Crippen molar-refractivity contribution >= 4 is 5.91 Å². The summed E-state index contributed by atoms with van der Waals surface area (Å²) >= 11 is 0. The molecule has 6 nitrogen and oxygen atoms in total. The highest BCUT2D eigenvalue weighted by molar-refractivity contribution is 5.94. The lowest BCUT2D eigenvalue weighted by molar-refractivity contribution is 0.0926. The first-order valence-electron chi connectivity index (χ1n) is 10.7. The van der Waals surface area contributed by atoms with Crippen LogP contribution in [0.1, 0.15) is 40.7 Å². The summed E-state index contributed by atoms with van der Waals surface area (Å²) in [5.74, 6) is 0.510. The van der Waals surface area contributed by atoms with Crippen LogP contribution in [0, 0.1) is 12.8 Å². The number of aryl methyl sites for hydroxylation is 1. The van der Waals surface area contributed by atoms with Crippen LogP contribution >= 0.6 is 0 Å². The molecule has 30 heavy (non-hydrogen) atoms. The summed E-state index contributed by atoms with van der Waals surface area (Å²) < 4.78 is 0. The van der Waals surface area contributed by atoms with Crippen molar-refractivity contribution < 1.29 is 4.79 Å². The number of fused-ring (bicyclic) bond motifs is 1. The van der Waals surface area contributed by atoms with Crippen molar-refractivity contribution in [3.8, 4) is 11.3 Å². The summed E-state index contributed by atoms with van der Waals surface area (Å²) in [4.78, 5) is 19.4. The number of amides is 1. The Morgan fingerprint density at radius 1 is 1.20 bits per heavy atom. The van der Waals surface area contributed by atoms with Crippen molar-refractivity contribution in [1.82, 2.24) is 25.4 Å². The van der Waals surface area contributed by atoms with E-state index < -0.39 is 0 Å². The topological polar surface area (TPSA) is 73.9 Å². The maximum Gasteiger partial charge on any atom is 0.253 e. The van der Waals surface area contributed by atoms with Gasteiger partial charge in [-0.1, -0.05) is 30.3 Å². The fourth-order valence-corrected chi connectivity index (χ4v) is 5.18. The second kappa shape index (κ2) is 8.03. The molecule has 1 aliphatic carbocycles. The number of aromatic amines is 1. The Bertz CT molecular complexity index is 1030. The predicted molar refractivity (Wildman–Crippen MR) is 116 cm³/mol. The van der Waals surface area contributed by atoms with Crippen LogP contribution in [0.25, 0.3) is 11.3 Å². The molecule has 1 aromatic carbocycles. The predicted octanol–water partition coefficient (Wildman–Crippen LogP) is 3.56. The second-order valence-corrected chi connectivity index (χ2v) is 8.52. The van der Waals surface area contributed by atoms with Gasteiger partial charge in [0.15, 0.2) is 0 Å². The van der Waals surface area contributed by atoms with Gasteiger partial charge in [0.2, 0.25) is 0 Å². The van der Waals surface area contributed by atoms with Crippen LogP contribution in [-0.4, -0.2) is 44.6 Å². The van der Waals surface area contributed by atoms with Crippen LogP contribution in [0.2, 0.25) is 0 Å². The van der Waals surface area contributed by atoms with Gasteiger partial charge in [-0.25, -0.2) is 0 Å². The number of pyridine rings is 1. The van der Waals surface area contributed by atoms with Gasteiger partial charge in [-0.2, -0.15) is 5.10 Å². The zero-order valence-electron chi connectivity index (χ0n) is 17.2. The first-order valence-corrected chi connectivity index (χ1v) is 10.7. The number of likely N-dealkylation sites (tertiary alicyclic amines) is 1. The van der Waals surface area contributed by atoms with Crippen molar-refractivity contribution in [3.05, 3.63) is 71.7 Å². The number of rotatable bonds is 5. The van der Waals surface area contributed by atoms with Gasteiger partial charge in [0.25, 0.3) is 5.91 Å². The maximum absolute atomic E-state index is 12.7. The molecule has 3 atom stereocenters. The Balaban J connectivity index is 1.25. The fraction of sp³-hybridized carbons (Fsp3) is 0.375. The molecule has 1 amide bonds. The average molecular weight is 402 g/mol. The number of benzene rings is 1. The largest absolute Gasteiger partial charge is 0.349 e. The Hall–Kier alpha value is -2.99. The van der Waals surface area contributed by atoms with Gasteiger partial charge >= 0.3 is 0 Å². The number of carbonyl (C=O) groups excluding carboxylic acids is 1. The molecule has 2 aromatic heterocycles. The quantitative estimate of drug-likeness (QED) is 0.686. The van der Waals surface area contributed by atoms with Crippen molar-refractivity contribution in [2.45, 2.75) is 44.8 Å². The van der Waals surface area contributed by atoms with Crippen LogP contribution in [0.3, 0.4) is 0 Å². The molecule has 1 aliphatic heterocycles. The molecule has 3 aromatic rings. The van der Waals surface area contributed by atoms with Crippen LogP contribution in [0.5, 0.6) is 0 Å². The highest BCUT2D eigenvalue weighted by Crippen LogP contribution is 2.39. The van der Waals surface area contributed by atoms with E-state index in [0.717, 1.165) is 49.2 Å². The second-order valence-electron chi connectivity index (χ2n) is 8.52. The molecule has 0 unspecified atom stereocenters. The molecule has 0 radical (unpaired) electrons. The Kier molecular flexibility index (Phi) is 5.09. The van der Waals surface area contributed by atoms with Crippen LogP contribution < -0.4 is 5.32 Å². The Morgan fingerprint density at radius 2 is 2.07 bits per heavy atom. The average Bonchev–Trinajstić information content (AvgIpc) is 3.48. The van der Waals surface area contributed by atoms with Crippen molar-refractivity contribution in [2.75, 3.05) is 6.54 Å². The van der Waals surface area contributed by atoms with Crippen LogP contribution in [-0.2, 0) is 6.54 Å². The normalized spacial score (nSPS) is 23.4. The summed E-state index contributed by atoms with van der Waals surface area (Å²) in [7, 11) is 0.